The van der Waals surface area contributed by atoms with E-state index in [1.54, 1.807) is 11.0 Å². The van der Waals surface area contributed by atoms with E-state index >= 15 is 0 Å². The molecule has 2 aromatic rings. The van der Waals surface area contributed by atoms with Gasteiger partial charge < -0.3 is 10.6 Å². The van der Waals surface area contributed by atoms with Gasteiger partial charge in [-0.1, -0.05) is 19.1 Å². The van der Waals surface area contributed by atoms with Gasteiger partial charge >= 0.3 is 6.18 Å². The Morgan fingerprint density at radius 3 is 2.37 bits per heavy atom. The molecule has 10 heteroatoms. The summed E-state index contributed by atoms with van der Waals surface area (Å²) in [6.07, 6.45) is -1.62. The number of nitrogens with zero attached hydrogens (tertiary/aromatic N) is 3. The second-order valence-corrected chi connectivity index (χ2v) is 9.40. The van der Waals surface area contributed by atoms with Gasteiger partial charge in [0.1, 0.15) is 5.54 Å². The van der Waals surface area contributed by atoms with Gasteiger partial charge in [0.15, 0.2) is 5.11 Å². The van der Waals surface area contributed by atoms with Crippen LogP contribution >= 0.6 is 12.2 Å². The molecule has 1 aliphatic heterocycles. The van der Waals surface area contributed by atoms with Crippen molar-refractivity contribution in [1.82, 2.24) is 0 Å². The first-order chi connectivity index (χ1) is 16.5. The lowest BCUT2D eigenvalue weighted by atomic mass is 9.75. The third-order valence-electron chi connectivity index (χ3n) is 6.85. The van der Waals surface area contributed by atoms with Crippen LogP contribution in [0.1, 0.15) is 61.6 Å². The normalized spacial score (nSPS) is 17.9. The number of nitrogens with two attached hydrogens (primary N) is 1. The maximum absolute atomic E-state index is 13.6. The van der Waals surface area contributed by atoms with E-state index in [9.17, 15) is 18.0 Å². The van der Waals surface area contributed by atoms with E-state index in [1.807, 2.05) is 31.2 Å². The lowest BCUT2D eigenvalue weighted by Gasteiger charge is -2.43. The Balaban J connectivity index is 1.68. The zero-order valence-corrected chi connectivity index (χ0v) is 19.8. The van der Waals surface area contributed by atoms with Crippen molar-refractivity contribution in [2.24, 2.45) is 5.73 Å². The largest absolute Gasteiger partial charge is 0.417 e. The van der Waals surface area contributed by atoms with E-state index in [-0.39, 0.29) is 28.5 Å². The summed E-state index contributed by atoms with van der Waals surface area (Å²) in [4.78, 5) is 16.5. The van der Waals surface area contributed by atoms with E-state index in [0.29, 0.717) is 24.9 Å². The molecule has 35 heavy (non-hydrogen) atoms. The van der Waals surface area contributed by atoms with Crippen molar-refractivity contribution in [2.45, 2.75) is 56.7 Å². The molecule has 2 fully saturated rings. The maximum atomic E-state index is 13.6. The number of amidine groups is 1. The average Bonchev–Trinajstić information content (AvgIpc) is 3.03. The molecule has 182 valence electrons. The number of alkyl halides is 3. The number of amides is 1. The van der Waals surface area contributed by atoms with E-state index in [2.05, 4.69) is 0 Å². The molecule has 1 spiro atoms. The van der Waals surface area contributed by atoms with Crippen molar-refractivity contribution < 1.29 is 18.0 Å². The highest BCUT2D eigenvalue weighted by atomic mass is 32.1. The van der Waals surface area contributed by atoms with Crippen LogP contribution < -0.4 is 15.5 Å². The highest BCUT2D eigenvalue weighted by molar-refractivity contribution is 7.81. The standard InChI is InChI=1S/C25H24F3N5OS/c1-15(3-10-21(30)31)16-4-7-18(8-5-16)33-23(35)32(22(34)24(33)11-2-12-24)19-9-6-17(14-29)20(13-19)25(26,27)28/h4-9,13,15H,2-3,10-12H2,1H3,(H3,30,31). The van der Waals surface area contributed by atoms with Crippen LogP contribution in [-0.4, -0.2) is 22.4 Å². The van der Waals surface area contributed by atoms with Crippen LogP contribution in [0.15, 0.2) is 42.5 Å². The first-order valence-electron chi connectivity index (χ1n) is 11.2. The fourth-order valence-corrected chi connectivity index (χ4v) is 5.17. The highest BCUT2D eigenvalue weighted by Crippen LogP contribution is 2.48. The number of halogens is 3. The van der Waals surface area contributed by atoms with Crippen LogP contribution in [0.2, 0.25) is 0 Å². The maximum Gasteiger partial charge on any atom is 0.417 e. The second-order valence-electron chi connectivity index (χ2n) is 9.04. The summed E-state index contributed by atoms with van der Waals surface area (Å²) in [5.74, 6) is -0.0444. The Bertz CT molecular complexity index is 1230. The number of nitriles is 1. The van der Waals surface area contributed by atoms with Gasteiger partial charge in [0.05, 0.1) is 28.7 Å². The quantitative estimate of drug-likeness (QED) is 0.313. The summed E-state index contributed by atoms with van der Waals surface area (Å²) in [6, 6.07) is 12.4. The topological polar surface area (TPSA) is 97.2 Å². The molecular weight excluding hydrogens is 475 g/mol. The molecular formula is C25H24F3N5OS. The molecule has 1 unspecified atom stereocenters. The Labute approximate surface area is 206 Å². The molecule has 2 aliphatic rings. The summed E-state index contributed by atoms with van der Waals surface area (Å²) >= 11 is 5.65. The predicted molar refractivity (Wildman–Crippen MR) is 131 cm³/mol. The van der Waals surface area contributed by atoms with Gasteiger partial charge in [0.2, 0.25) is 0 Å². The number of hydrogen-bond acceptors (Lipinski definition) is 4. The average molecular weight is 500 g/mol. The number of benzene rings is 2. The highest BCUT2D eigenvalue weighted by Gasteiger charge is 2.59. The minimum absolute atomic E-state index is 0.00502. The molecule has 2 aromatic carbocycles. The third-order valence-corrected chi connectivity index (χ3v) is 7.21. The molecule has 1 saturated heterocycles. The van der Waals surface area contributed by atoms with Crippen molar-refractivity contribution >= 4 is 40.4 Å². The molecule has 6 nitrogen and oxygen atoms in total. The third kappa shape index (κ3) is 4.25. The number of rotatable bonds is 6. The molecule has 1 amide bonds. The molecule has 4 rings (SSSR count). The van der Waals surface area contributed by atoms with Gasteiger partial charge in [0.25, 0.3) is 5.91 Å². The first kappa shape index (κ1) is 24.7. The van der Waals surface area contributed by atoms with Crippen LogP contribution in [0.25, 0.3) is 0 Å². The minimum Gasteiger partial charge on any atom is -0.388 e. The Hall–Kier alpha value is -3.45. The number of carbonyl (C=O) groups is 1. The van der Waals surface area contributed by atoms with Crippen LogP contribution in [-0.2, 0) is 11.0 Å². The smallest absolute Gasteiger partial charge is 0.388 e. The van der Waals surface area contributed by atoms with Crippen molar-refractivity contribution in [1.29, 1.82) is 10.7 Å². The van der Waals surface area contributed by atoms with Crippen molar-refractivity contribution in [3.8, 4) is 6.07 Å². The van der Waals surface area contributed by atoms with Crippen molar-refractivity contribution in [3.05, 3.63) is 59.2 Å². The Kier molecular flexibility index (Phi) is 6.32. The lowest BCUT2D eigenvalue weighted by Crippen LogP contribution is -2.55. The fourth-order valence-electron chi connectivity index (χ4n) is 4.70. The van der Waals surface area contributed by atoms with Crippen molar-refractivity contribution in [2.75, 3.05) is 9.80 Å². The molecule has 1 heterocycles. The number of thiocarbonyl (C=S) groups is 1. The van der Waals surface area contributed by atoms with E-state index < -0.39 is 22.8 Å². The van der Waals surface area contributed by atoms with Gasteiger partial charge in [-0.3, -0.25) is 15.1 Å². The van der Waals surface area contributed by atoms with E-state index in [0.717, 1.165) is 35.4 Å². The molecule has 0 aromatic heterocycles. The Morgan fingerprint density at radius 1 is 1.23 bits per heavy atom. The molecule has 1 aliphatic carbocycles. The fraction of sp³-hybridized carbons (Fsp3) is 0.360. The minimum atomic E-state index is -4.74. The Morgan fingerprint density at radius 2 is 1.86 bits per heavy atom. The molecule has 0 bridgehead atoms. The summed E-state index contributed by atoms with van der Waals surface area (Å²) in [5.41, 5.74) is 4.66. The van der Waals surface area contributed by atoms with Gasteiger partial charge in [-0.05, 0) is 79.7 Å². The summed E-state index contributed by atoms with van der Waals surface area (Å²) < 4.78 is 40.7. The van der Waals surface area contributed by atoms with Gasteiger partial charge in [0, 0.05) is 12.1 Å². The summed E-state index contributed by atoms with van der Waals surface area (Å²) in [6.45, 7) is 2.04. The number of hydrogen-bond donors (Lipinski definition) is 2. The zero-order valence-electron chi connectivity index (χ0n) is 19.0. The molecule has 0 radical (unpaired) electrons. The predicted octanol–water partition coefficient (Wildman–Crippen LogP) is 5.46. The van der Waals surface area contributed by atoms with Crippen LogP contribution in [0.3, 0.4) is 0 Å². The van der Waals surface area contributed by atoms with Crippen LogP contribution in [0, 0.1) is 16.7 Å². The monoisotopic (exact) mass is 499 g/mol. The molecule has 1 atom stereocenters. The summed E-state index contributed by atoms with van der Waals surface area (Å²) in [5, 5.41) is 16.6. The first-order valence-corrected chi connectivity index (χ1v) is 11.6. The van der Waals surface area contributed by atoms with E-state index in [4.69, 9.17) is 28.6 Å². The van der Waals surface area contributed by atoms with Gasteiger partial charge in [-0.15, -0.1) is 0 Å². The number of nitrogens with one attached hydrogen (secondary N) is 1. The zero-order chi connectivity index (χ0) is 25.5. The van der Waals surface area contributed by atoms with Gasteiger partial charge in [-0.2, -0.15) is 18.4 Å². The molecule has 1 saturated carbocycles. The van der Waals surface area contributed by atoms with Crippen LogP contribution in [0.4, 0.5) is 24.5 Å². The van der Waals surface area contributed by atoms with Crippen molar-refractivity contribution in [3.63, 3.8) is 0 Å². The summed E-state index contributed by atoms with van der Waals surface area (Å²) in [7, 11) is 0. The number of carbonyl (C=O) groups excluding carboxylic acids is 1. The number of anilines is 2. The van der Waals surface area contributed by atoms with E-state index in [1.165, 1.54) is 6.07 Å². The lowest BCUT2D eigenvalue weighted by molar-refractivity contribution is -0.137. The van der Waals surface area contributed by atoms with Crippen LogP contribution in [0.5, 0.6) is 0 Å². The van der Waals surface area contributed by atoms with Gasteiger partial charge in [-0.25, -0.2) is 0 Å². The second kappa shape index (κ2) is 8.96. The SMILES string of the molecule is CC(CCC(=N)N)c1ccc(N2C(=S)N(c3ccc(C#N)c(C(F)(F)F)c3)C(=O)C23CCC3)cc1. The molecule has 3 N–H and O–H groups in total.